The van der Waals surface area contributed by atoms with Crippen LogP contribution in [0.4, 0.5) is 0 Å². The molecule has 0 radical (unpaired) electrons. The van der Waals surface area contributed by atoms with Crippen molar-refractivity contribution < 1.29 is 9.84 Å². The van der Waals surface area contributed by atoms with E-state index < -0.39 is 5.60 Å². The van der Waals surface area contributed by atoms with E-state index in [0.29, 0.717) is 6.61 Å². The van der Waals surface area contributed by atoms with E-state index in [0.717, 1.165) is 15.6 Å². The van der Waals surface area contributed by atoms with E-state index in [1.807, 2.05) is 18.2 Å². The van der Waals surface area contributed by atoms with E-state index in [1.54, 1.807) is 21.0 Å². The predicted molar refractivity (Wildman–Crippen MR) is 60.1 cm³/mol. The lowest BCUT2D eigenvalue weighted by Crippen LogP contribution is -2.15. The smallest absolute Gasteiger partial charge is 0.0840 e. The van der Waals surface area contributed by atoms with Crippen molar-refractivity contribution in [2.24, 2.45) is 0 Å². The Morgan fingerprint density at radius 3 is 2.50 bits per heavy atom. The average molecular weight is 259 g/mol. The van der Waals surface area contributed by atoms with Gasteiger partial charge in [0.05, 0.1) is 12.2 Å². The van der Waals surface area contributed by atoms with E-state index in [-0.39, 0.29) is 0 Å². The molecule has 14 heavy (non-hydrogen) atoms. The number of methoxy groups -OCH3 is 1. The quantitative estimate of drug-likeness (QED) is 0.904. The lowest BCUT2D eigenvalue weighted by Gasteiger charge is -2.18. The number of hydrogen-bond donors (Lipinski definition) is 1. The molecule has 0 unspecified atom stereocenters. The van der Waals surface area contributed by atoms with Crippen LogP contribution in [0.1, 0.15) is 25.0 Å². The molecular formula is C11H15BrO2. The second kappa shape index (κ2) is 4.43. The Kier molecular flexibility index (Phi) is 3.70. The first-order valence-electron chi connectivity index (χ1n) is 4.45. The molecule has 0 saturated heterocycles. The van der Waals surface area contributed by atoms with Gasteiger partial charge in [0, 0.05) is 11.6 Å². The Morgan fingerprint density at radius 1 is 1.43 bits per heavy atom. The second-order valence-electron chi connectivity index (χ2n) is 3.80. The van der Waals surface area contributed by atoms with Crippen LogP contribution in [-0.4, -0.2) is 12.2 Å². The summed E-state index contributed by atoms with van der Waals surface area (Å²) in [6.07, 6.45) is 0. The van der Waals surface area contributed by atoms with Crippen molar-refractivity contribution in [3.05, 3.63) is 33.8 Å². The van der Waals surface area contributed by atoms with Crippen LogP contribution in [0.5, 0.6) is 0 Å². The number of ether oxygens (including phenoxy) is 1. The third-order valence-electron chi connectivity index (χ3n) is 2.06. The van der Waals surface area contributed by atoms with Gasteiger partial charge in [-0.05, 0) is 31.0 Å². The highest BCUT2D eigenvalue weighted by molar-refractivity contribution is 9.10. The lowest BCUT2D eigenvalue weighted by molar-refractivity contribution is 0.0784. The Bertz CT molecular complexity index is 316. The molecule has 3 heteroatoms. The van der Waals surface area contributed by atoms with E-state index >= 15 is 0 Å². The first-order chi connectivity index (χ1) is 6.45. The zero-order chi connectivity index (χ0) is 10.8. The standard InChI is InChI=1S/C11H15BrO2/c1-11(2,13)9-5-4-8(7-14-3)10(12)6-9/h4-6,13H,7H2,1-3H3. The van der Waals surface area contributed by atoms with Gasteiger partial charge in [0.1, 0.15) is 0 Å². The first kappa shape index (κ1) is 11.7. The predicted octanol–water partition coefficient (Wildman–Crippen LogP) is 2.82. The minimum atomic E-state index is -0.797. The van der Waals surface area contributed by atoms with Crippen molar-refractivity contribution in [1.29, 1.82) is 0 Å². The molecule has 1 rings (SSSR count). The maximum Gasteiger partial charge on any atom is 0.0840 e. The average Bonchev–Trinajstić information content (AvgIpc) is 2.07. The van der Waals surface area contributed by atoms with Crippen molar-refractivity contribution in [3.8, 4) is 0 Å². The molecule has 1 N–H and O–H groups in total. The molecule has 0 bridgehead atoms. The fourth-order valence-electron chi connectivity index (χ4n) is 1.20. The van der Waals surface area contributed by atoms with Crippen LogP contribution in [0.2, 0.25) is 0 Å². The number of hydrogen-bond acceptors (Lipinski definition) is 2. The van der Waals surface area contributed by atoms with Crippen molar-refractivity contribution in [2.75, 3.05) is 7.11 Å². The van der Waals surface area contributed by atoms with Gasteiger partial charge in [-0.3, -0.25) is 0 Å². The molecule has 0 aliphatic heterocycles. The minimum absolute atomic E-state index is 0.576. The minimum Gasteiger partial charge on any atom is -0.386 e. The third-order valence-corrected chi connectivity index (χ3v) is 2.80. The van der Waals surface area contributed by atoms with Crippen molar-refractivity contribution in [1.82, 2.24) is 0 Å². The van der Waals surface area contributed by atoms with Gasteiger partial charge in [0.2, 0.25) is 0 Å². The number of rotatable bonds is 3. The summed E-state index contributed by atoms with van der Waals surface area (Å²) in [6.45, 7) is 4.11. The van der Waals surface area contributed by atoms with E-state index in [4.69, 9.17) is 4.74 Å². The van der Waals surface area contributed by atoms with Gasteiger partial charge >= 0.3 is 0 Å². The molecule has 0 aliphatic rings. The topological polar surface area (TPSA) is 29.5 Å². The maximum absolute atomic E-state index is 9.78. The van der Waals surface area contributed by atoms with Crippen molar-refractivity contribution in [2.45, 2.75) is 26.1 Å². The van der Waals surface area contributed by atoms with Gasteiger partial charge in [0.25, 0.3) is 0 Å². The van der Waals surface area contributed by atoms with Crippen molar-refractivity contribution in [3.63, 3.8) is 0 Å². The molecule has 1 aromatic carbocycles. The Hall–Kier alpha value is -0.380. The summed E-state index contributed by atoms with van der Waals surface area (Å²) in [7, 11) is 1.66. The summed E-state index contributed by atoms with van der Waals surface area (Å²) in [5.41, 5.74) is 1.18. The number of halogens is 1. The van der Waals surface area contributed by atoms with Crippen LogP contribution < -0.4 is 0 Å². The Balaban J connectivity index is 3.01. The number of benzene rings is 1. The summed E-state index contributed by atoms with van der Waals surface area (Å²) >= 11 is 3.45. The molecule has 0 fully saturated rings. The molecule has 0 atom stereocenters. The fourth-order valence-corrected chi connectivity index (χ4v) is 1.69. The van der Waals surface area contributed by atoms with Crippen LogP contribution in [0.25, 0.3) is 0 Å². The van der Waals surface area contributed by atoms with E-state index in [1.165, 1.54) is 0 Å². The summed E-state index contributed by atoms with van der Waals surface area (Å²) < 4.78 is 6.01. The van der Waals surface area contributed by atoms with Gasteiger partial charge in [0.15, 0.2) is 0 Å². The van der Waals surface area contributed by atoms with Crippen LogP contribution in [0.15, 0.2) is 22.7 Å². The monoisotopic (exact) mass is 258 g/mol. The van der Waals surface area contributed by atoms with Gasteiger partial charge in [-0.15, -0.1) is 0 Å². The van der Waals surface area contributed by atoms with Crippen LogP contribution in [0.3, 0.4) is 0 Å². The van der Waals surface area contributed by atoms with Crippen LogP contribution >= 0.6 is 15.9 Å². The highest BCUT2D eigenvalue weighted by atomic mass is 79.9. The van der Waals surface area contributed by atoms with E-state index in [9.17, 15) is 5.11 Å². The summed E-state index contributed by atoms with van der Waals surface area (Å²) in [6, 6.07) is 5.80. The SMILES string of the molecule is COCc1ccc(C(C)(C)O)cc1Br. The molecule has 0 saturated carbocycles. The van der Waals surface area contributed by atoms with Gasteiger partial charge in [-0.2, -0.15) is 0 Å². The Labute approximate surface area is 93.0 Å². The van der Waals surface area contributed by atoms with Gasteiger partial charge in [-0.1, -0.05) is 28.1 Å². The van der Waals surface area contributed by atoms with Gasteiger partial charge in [-0.25, -0.2) is 0 Å². The number of aliphatic hydroxyl groups is 1. The summed E-state index contributed by atoms with van der Waals surface area (Å²) in [4.78, 5) is 0. The zero-order valence-electron chi connectivity index (χ0n) is 8.67. The molecule has 2 nitrogen and oxygen atoms in total. The molecule has 78 valence electrons. The molecular weight excluding hydrogens is 244 g/mol. The van der Waals surface area contributed by atoms with E-state index in [2.05, 4.69) is 15.9 Å². The molecule has 0 spiro atoms. The largest absolute Gasteiger partial charge is 0.386 e. The molecule has 0 heterocycles. The third kappa shape index (κ3) is 2.80. The summed E-state index contributed by atoms with van der Waals surface area (Å²) in [5.74, 6) is 0. The highest BCUT2D eigenvalue weighted by Crippen LogP contribution is 2.26. The lowest BCUT2D eigenvalue weighted by atomic mass is 9.97. The van der Waals surface area contributed by atoms with Crippen molar-refractivity contribution >= 4 is 15.9 Å². The fraction of sp³-hybridized carbons (Fsp3) is 0.455. The summed E-state index contributed by atoms with van der Waals surface area (Å²) in [5, 5.41) is 9.78. The van der Waals surface area contributed by atoms with Crippen LogP contribution in [-0.2, 0) is 16.9 Å². The normalized spacial score (nSPS) is 11.8. The van der Waals surface area contributed by atoms with Crippen LogP contribution in [0, 0.1) is 0 Å². The zero-order valence-corrected chi connectivity index (χ0v) is 10.3. The maximum atomic E-state index is 9.78. The second-order valence-corrected chi connectivity index (χ2v) is 4.65. The molecule has 1 aromatic rings. The first-order valence-corrected chi connectivity index (χ1v) is 5.24. The molecule has 0 aliphatic carbocycles. The molecule has 0 amide bonds. The highest BCUT2D eigenvalue weighted by Gasteiger charge is 2.16. The molecule has 0 aromatic heterocycles. The van der Waals surface area contributed by atoms with Gasteiger partial charge < -0.3 is 9.84 Å². The Morgan fingerprint density at radius 2 is 2.07 bits per heavy atom.